The van der Waals surface area contributed by atoms with E-state index in [-0.39, 0.29) is 6.54 Å². The summed E-state index contributed by atoms with van der Waals surface area (Å²) in [4.78, 5) is 11.2. The van der Waals surface area contributed by atoms with Gasteiger partial charge in [-0.3, -0.25) is 4.79 Å². The molecule has 0 aliphatic carbocycles. The Labute approximate surface area is 84.5 Å². The maximum absolute atomic E-state index is 11.7. The van der Waals surface area contributed by atoms with Crippen LogP contribution >= 0.6 is 0 Å². The van der Waals surface area contributed by atoms with E-state index < -0.39 is 17.3 Å². The molecular formula is C9H9NO3S. The van der Waals surface area contributed by atoms with E-state index in [1.54, 1.807) is 12.1 Å². The molecular weight excluding hydrogens is 202 g/mol. The average molecular weight is 211 g/mol. The number of hydrogen-bond donors (Lipinski definition) is 1. The second-order valence-electron chi connectivity index (χ2n) is 3.05. The second-order valence-corrected chi connectivity index (χ2v) is 4.50. The zero-order chi connectivity index (χ0) is 10.1. The van der Waals surface area contributed by atoms with E-state index in [1.165, 1.54) is 4.31 Å². The van der Waals surface area contributed by atoms with Crippen molar-refractivity contribution >= 4 is 17.3 Å². The highest BCUT2D eigenvalue weighted by Gasteiger charge is 2.34. The highest BCUT2D eigenvalue weighted by molar-refractivity contribution is 7.89. The van der Waals surface area contributed by atoms with Gasteiger partial charge in [-0.15, -0.1) is 4.31 Å². The number of carbonyl (C=O) groups is 1. The topological polar surface area (TPSA) is 63.6 Å². The van der Waals surface area contributed by atoms with Crippen LogP contribution in [-0.2, 0) is 22.7 Å². The highest BCUT2D eigenvalue weighted by atomic mass is 32.2. The van der Waals surface area contributed by atoms with Crippen LogP contribution in [0.2, 0.25) is 0 Å². The predicted octanol–water partition coefficient (Wildman–Crippen LogP) is 0.609. The Morgan fingerprint density at radius 3 is 2.93 bits per heavy atom. The Bertz CT molecular complexity index is 369. The zero-order valence-corrected chi connectivity index (χ0v) is 8.16. The molecule has 0 radical (unpaired) electrons. The lowest BCUT2D eigenvalue weighted by atomic mass is 10.2. The second kappa shape index (κ2) is 3.61. The van der Waals surface area contributed by atoms with Gasteiger partial charge in [0.15, 0.2) is 4.90 Å². The zero-order valence-electron chi connectivity index (χ0n) is 7.34. The number of aliphatic carboxylic acids is 1. The Morgan fingerprint density at radius 2 is 2.29 bits per heavy atom. The van der Waals surface area contributed by atoms with Crippen LogP contribution in [0.5, 0.6) is 0 Å². The summed E-state index contributed by atoms with van der Waals surface area (Å²) in [5.74, 6) is -0.953. The summed E-state index contributed by atoms with van der Waals surface area (Å²) in [7, 11) is 0. The Kier molecular flexibility index (Phi) is 2.45. The summed E-state index contributed by atoms with van der Waals surface area (Å²) in [5.41, 5.74) is 0.951. The number of hydrogen-bond acceptors (Lipinski definition) is 3. The van der Waals surface area contributed by atoms with Crippen LogP contribution < -0.4 is 0 Å². The molecule has 2 rings (SSSR count). The molecule has 1 unspecified atom stereocenters. The minimum absolute atomic E-state index is 0.179. The lowest BCUT2D eigenvalue weighted by Crippen LogP contribution is -2.30. The molecule has 0 fully saturated rings. The van der Waals surface area contributed by atoms with Gasteiger partial charge in [-0.2, -0.15) is 0 Å². The van der Waals surface area contributed by atoms with E-state index in [1.807, 2.05) is 12.1 Å². The molecule has 0 aromatic heterocycles. The lowest BCUT2D eigenvalue weighted by molar-refractivity contribution is -0.137. The number of rotatable bonds is 2. The van der Waals surface area contributed by atoms with Gasteiger partial charge in [-0.1, -0.05) is 18.2 Å². The molecule has 0 bridgehead atoms. The van der Waals surface area contributed by atoms with Crippen LogP contribution in [0.3, 0.4) is 0 Å². The summed E-state index contributed by atoms with van der Waals surface area (Å²) in [6.45, 7) is 0.274. The smallest absolute Gasteiger partial charge is 0.322 e. The quantitative estimate of drug-likeness (QED) is 0.728. The van der Waals surface area contributed by atoms with Gasteiger partial charge in [0, 0.05) is 5.56 Å². The minimum atomic E-state index is -1.30. The van der Waals surface area contributed by atoms with Crippen molar-refractivity contribution in [3.05, 3.63) is 29.8 Å². The molecule has 0 saturated carbocycles. The molecule has 1 aliphatic rings. The van der Waals surface area contributed by atoms with Gasteiger partial charge in [0.25, 0.3) is 0 Å². The van der Waals surface area contributed by atoms with E-state index in [9.17, 15) is 9.35 Å². The number of nitrogens with zero attached hydrogens (tertiary/aromatic N) is 1. The van der Waals surface area contributed by atoms with Crippen LogP contribution in [0.1, 0.15) is 5.56 Å². The Morgan fingerprint density at radius 1 is 1.57 bits per heavy atom. The van der Waals surface area contributed by atoms with Crippen molar-refractivity contribution < 1.29 is 14.5 Å². The molecule has 1 atom stereocenters. The summed E-state index contributed by atoms with van der Waals surface area (Å²) in [6.07, 6.45) is 0. The molecule has 0 spiro atoms. The third-order valence-corrected chi connectivity index (χ3v) is 3.56. The van der Waals surface area contributed by atoms with E-state index in [2.05, 4.69) is 0 Å². The fourth-order valence-electron chi connectivity index (χ4n) is 1.46. The summed E-state index contributed by atoms with van der Waals surface area (Å²) >= 11 is -1.30. The van der Waals surface area contributed by atoms with E-state index in [0.29, 0.717) is 6.54 Å². The first-order valence-electron chi connectivity index (χ1n) is 4.15. The number of carboxylic acid groups (broad SMARTS) is 1. The first-order chi connectivity index (χ1) is 6.68. The third-order valence-electron chi connectivity index (χ3n) is 2.05. The van der Waals surface area contributed by atoms with Crippen LogP contribution in [0.4, 0.5) is 0 Å². The maximum atomic E-state index is 11.7. The van der Waals surface area contributed by atoms with E-state index in [0.717, 1.165) is 10.5 Å². The van der Waals surface area contributed by atoms with Crippen LogP contribution in [-0.4, -0.2) is 26.5 Å². The lowest BCUT2D eigenvalue weighted by Gasteiger charge is -2.13. The van der Waals surface area contributed by atoms with Crippen LogP contribution in [0.25, 0.3) is 0 Å². The molecule has 1 heterocycles. The molecule has 1 aromatic rings. The van der Waals surface area contributed by atoms with E-state index in [4.69, 9.17) is 5.11 Å². The van der Waals surface area contributed by atoms with Crippen molar-refractivity contribution in [2.45, 2.75) is 11.4 Å². The Hall–Kier alpha value is -1.04. The molecule has 1 aliphatic heterocycles. The monoisotopic (exact) mass is 211 g/mol. The molecule has 0 amide bonds. The molecule has 14 heavy (non-hydrogen) atoms. The first kappa shape index (κ1) is 9.51. The normalized spacial score (nSPS) is 20.8. The van der Waals surface area contributed by atoms with Gasteiger partial charge in [0.2, 0.25) is 0 Å². The molecule has 74 valence electrons. The summed E-state index contributed by atoms with van der Waals surface area (Å²) in [5, 5.41) is 8.59. The Balaban J connectivity index is 2.21. The van der Waals surface area contributed by atoms with Gasteiger partial charge < -0.3 is 9.66 Å². The maximum Gasteiger partial charge on any atom is 0.322 e. The highest BCUT2D eigenvalue weighted by Crippen LogP contribution is 2.29. The van der Waals surface area contributed by atoms with Gasteiger partial charge in [0.05, 0.1) is 17.9 Å². The molecule has 1 aromatic carbocycles. The van der Waals surface area contributed by atoms with Crippen LogP contribution in [0.15, 0.2) is 29.2 Å². The van der Waals surface area contributed by atoms with Crippen molar-refractivity contribution in [1.29, 1.82) is 0 Å². The predicted molar refractivity (Wildman–Crippen MR) is 50.9 cm³/mol. The standard InChI is InChI=1S/C9H9NO3S/c11-9(12)6-10-5-7-3-1-2-4-8(7)14(10)13/h1-4H,5-6H2,(H,11,12). The van der Waals surface area contributed by atoms with Crippen molar-refractivity contribution in [2.75, 3.05) is 6.54 Å². The third kappa shape index (κ3) is 1.61. The average Bonchev–Trinajstić information content (AvgIpc) is 2.44. The van der Waals surface area contributed by atoms with E-state index >= 15 is 0 Å². The van der Waals surface area contributed by atoms with Crippen molar-refractivity contribution in [1.82, 2.24) is 4.31 Å². The van der Waals surface area contributed by atoms with Gasteiger partial charge in [0.1, 0.15) is 6.54 Å². The molecule has 0 saturated heterocycles. The number of fused-ring (bicyclic) bond motifs is 1. The number of benzene rings is 1. The molecule has 5 heteroatoms. The fourth-order valence-corrected chi connectivity index (χ4v) is 2.77. The summed E-state index contributed by atoms with van der Waals surface area (Å²) < 4.78 is 13.1. The fraction of sp³-hybridized carbons (Fsp3) is 0.222. The molecule has 4 nitrogen and oxygen atoms in total. The van der Waals surface area contributed by atoms with Gasteiger partial charge in [-0.25, -0.2) is 0 Å². The SMILES string of the molecule is O=C(O)CN1Cc2ccccc2[S+]1[O-]. The largest absolute Gasteiger partial charge is 0.593 e. The molecule has 1 N–H and O–H groups in total. The van der Waals surface area contributed by atoms with Crippen molar-refractivity contribution in [2.24, 2.45) is 0 Å². The minimum Gasteiger partial charge on any atom is -0.593 e. The van der Waals surface area contributed by atoms with Gasteiger partial charge in [-0.05, 0) is 6.07 Å². The van der Waals surface area contributed by atoms with Gasteiger partial charge >= 0.3 is 5.97 Å². The number of carboxylic acids is 1. The first-order valence-corrected chi connectivity index (χ1v) is 5.25. The summed E-state index contributed by atoms with van der Waals surface area (Å²) in [6, 6.07) is 7.31. The van der Waals surface area contributed by atoms with Crippen molar-refractivity contribution in [3.8, 4) is 0 Å². The van der Waals surface area contributed by atoms with Crippen molar-refractivity contribution in [3.63, 3.8) is 0 Å². The van der Waals surface area contributed by atoms with Crippen LogP contribution in [0, 0.1) is 0 Å².